The van der Waals surface area contributed by atoms with Crippen molar-refractivity contribution in [2.45, 2.75) is 38.3 Å². The molecule has 1 aliphatic carbocycles. The summed E-state index contributed by atoms with van der Waals surface area (Å²) in [6, 6.07) is 6.67. The zero-order valence-corrected chi connectivity index (χ0v) is 10.3. The van der Waals surface area contributed by atoms with Gasteiger partial charge in [-0.05, 0) is 31.7 Å². The summed E-state index contributed by atoms with van der Waals surface area (Å²) in [6.45, 7) is 1.55. The van der Waals surface area contributed by atoms with Gasteiger partial charge in [0.05, 0.1) is 11.0 Å². The van der Waals surface area contributed by atoms with Gasteiger partial charge >= 0.3 is 0 Å². The van der Waals surface area contributed by atoms with Crippen LogP contribution in [0.4, 0.5) is 5.69 Å². The van der Waals surface area contributed by atoms with Crippen LogP contribution >= 0.6 is 0 Å². The fourth-order valence-electron chi connectivity index (χ4n) is 1.89. The van der Waals surface area contributed by atoms with Gasteiger partial charge in [-0.2, -0.15) is 0 Å². The molecule has 1 fully saturated rings. The molecule has 5 nitrogen and oxygen atoms in total. The maximum Gasteiger partial charge on any atom is 0.269 e. The highest BCUT2D eigenvalue weighted by Gasteiger charge is 2.26. The number of carbonyl (C=O) groups is 1. The topological polar surface area (TPSA) is 72.2 Å². The van der Waals surface area contributed by atoms with E-state index in [1.54, 1.807) is 13.0 Å². The highest BCUT2D eigenvalue weighted by Crippen LogP contribution is 2.21. The Morgan fingerprint density at radius 2 is 2.28 bits per heavy atom. The molecule has 0 heterocycles. The van der Waals surface area contributed by atoms with Crippen LogP contribution in [0.15, 0.2) is 24.3 Å². The second kappa shape index (κ2) is 5.27. The lowest BCUT2D eigenvalue weighted by atomic mass is 10.0. The summed E-state index contributed by atoms with van der Waals surface area (Å²) in [4.78, 5) is 21.8. The molecule has 2 rings (SSSR count). The third-order valence-electron chi connectivity index (χ3n) is 3.07. The summed E-state index contributed by atoms with van der Waals surface area (Å²) in [7, 11) is 0. The lowest BCUT2D eigenvalue weighted by Gasteiger charge is -2.15. The van der Waals surface area contributed by atoms with Gasteiger partial charge in [0.1, 0.15) is 5.78 Å². The number of nitro benzene ring substituents is 1. The Balaban J connectivity index is 2.07. The normalized spacial score (nSPS) is 16.3. The molecule has 0 aromatic heterocycles. The van der Waals surface area contributed by atoms with Gasteiger partial charge in [-0.15, -0.1) is 0 Å². The summed E-state index contributed by atoms with van der Waals surface area (Å²) in [5.74, 6) is 0.0772. The van der Waals surface area contributed by atoms with Gasteiger partial charge in [-0.25, -0.2) is 0 Å². The standard InChI is InChI=1S/C13H16N2O3/c1-9(16)13(14-11-5-6-11)8-10-3-2-4-12(7-10)15(17)18/h2-4,7,11,13-14H,5-6,8H2,1H3. The molecule has 0 spiro atoms. The van der Waals surface area contributed by atoms with Crippen LogP contribution in [-0.4, -0.2) is 22.8 Å². The van der Waals surface area contributed by atoms with Crippen molar-refractivity contribution in [1.29, 1.82) is 0 Å². The number of nitro groups is 1. The molecule has 96 valence electrons. The van der Waals surface area contributed by atoms with Crippen LogP contribution in [-0.2, 0) is 11.2 Å². The van der Waals surface area contributed by atoms with Crippen LogP contribution in [0.25, 0.3) is 0 Å². The molecule has 18 heavy (non-hydrogen) atoms. The molecule has 1 aromatic carbocycles. The van der Waals surface area contributed by atoms with Crippen LogP contribution in [0.3, 0.4) is 0 Å². The van der Waals surface area contributed by atoms with E-state index in [0.29, 0.717) is 12.5 Å². The van der Waals surface area contributed by atoms with Crippen LogP contribution in [0, 0.1) is 10.1 Å². The molecule has 0 bridgehead atoms. The average molecular weight is 248 g/mol. The molecule has 0 radical (unpaired) electrons. The van der Waals surface area contributed by atoms with Crippen molar-refractivity contribution in [3.05, 3.63) is 39.9 Å². The minimum atomic E-state index is -0.416. The van der Waals surface area contributed by atoms with Gasteiger partial charge in [0.25, 0.3) is 5.69 Å². The lowest BCUT2D eigenvalue weighted by Crippen LogP contribution is -2.38. The Kier molecular flexibility index (Phi) is 3.72. The van der Waals surface area contributed by atoms with Crippen molar-refractivity contribution < 1.29 is 9.72 Å². The number of rotatable bonds is 6. The Morgan fingerprint density at radius 1 is 1.56 bits per heavy atom. The predicted molar refractivity (Wildman–Crippen MR) is 67.4 cm³/mol. The Bertz CT molecular complexity index is 469. The number of ketones is 1. The minimum Gasteiger partial charge on any atom is -0.304 e. The van der Waals surface area contributed by atoms with E-state index in [4.69, 9.17) is 0 Å². The summed E-state index contributed by atoms with van der Waals surface area (Å²) >= 11 is 0. The molecule has 1 aliphatic rings. The number of hydrogen-bond donors (Lipinski definition) is 1. The second-order valence-electron chi connectivity index (χ2n) is 4.74. The minimum absolute atomic E-state index is 0.0706. The van der Waals surface area contributed by atoms with Crippen LogP contribution in [0.1, 0.15) is 25.3 Å². The molecule has 1 unspecified atom stereocenters. The lowest BCUT2D eigenvalue weighted by molar-refractivity contribution is -0.384. The third-order valence-corrected chi connectivity index (χ3v) is 3.07. The van der Waals surface area contributed by atoms with Crippen molar-refractivity contribution in [2.75, 3.05) is 0 Å². The monoisotopic (exact) mass is 248 g/mol. The molecule has 1 atom stereocenters. The smallest absolute Gasteiger partial charge is 0.269 e. The molecule has 5 heteroatoms. The van der Waals surface area contributed by atoms with E-state index in [-0.39, 0.29) is 17.5 Å². The van der Waals surface area contributed by atoms with E-state index < -0.39 is 4.92 Å². The summed E-state index contributed by atoms with van der Waals surface area (Å²) in [5.41, 5.74) is 0.888. The van der Waals surface area contributed by atoms with Crippen molar-refractivity contribution >= 4 is 11.5 Å². The van der Waals surface area contributed by atoms with E-state index in [1.165, 1.54) is 12.1 Å². The molecule has 1 saturated carbocycles. The van der Waals surface area contributed by atoms with E-state index in [9.17, 15) is 14.9 Å². The second-order valence-corrected chi connectivity index (χ2v) is 4.74. The molecular formula is C13H16N2O3. The summed E-state index contributed by atoms with van der Waals surface area (Å²) in [5, 5.41) is 14.0. The van der Waals surface area contributed by atoms with Gasteiger partial charge in [0, 0.05) is 18.2 Å². The highest BCUT2D eigenvalue weighted by molar-refractivity contribution is 5.81. The Labute approximate surface area is 105 Å². The first kappa shape index (κ1) is 12.7. The number of hydrogen-bond acceptors (Lipinski definition) is 4. The number of non-ortho nitro benzene ring substituents is 1. The zero-order chi connectivity index (χ0) is 13.1. The Hall–Kier alpha value is -1.75. The fourth-order valence-corrected chi connectivity index (χ4v) is 1.89. The number of carbonyl (C=O) groups excluding carboxylic acids is 1. The van der Waals surface area contributed by atoms with Crippen molar-refractivity contribution in [1.82, 2.24) is 5.32 Å². The predicted octanol–water partition coefficient (Wildman–Crippen LogP) is 1.85. The number of nitrogens with zero attached hydrogens (tertiary/aromatic N) is 1. The van der Waals surface area contributed by atoms with Crippen LogP contribution in [0.2, 0.25) is 0 Å². The van der Waals surface area contributed by atoms with Gasteiger partial charge in [-0.3, -0.25) is 14.9 Å². The third kappa shape index (κ3) is 3.37. The van der Waals surface area contributed by atoms with E-state index in [0.717, 1.165) is 18.4 Å². The molecule has 1 aromatic rings. The maximum atomic E-state index is 11.5. The van der Waals surface area contributed by atoms with Gasteiger partial charge in [0.15, 0.2) is 0 Å². The van der Waals surface area contributed by atoms with Gasteiger partial charge in [0.2, 0.25) is 0 Å². The van der Waals surface area contributed by atoms with E-state index >= 15 is 0 Å². The van der Waals surface area contributed by atoms with E-state index in [2.05, 4.69) is 5.32 Å². The fraction of sp³-hybridized carbons (Fsp3) is 0.462. The quantitative estimate of drug-likeness (QED) is 0.616. The van der Waals surface area contributed by atoms with Gasteiger partial charge < -0.3 is 5.32 Å². The highest BCUT2D eigenvalue weighted by atomic mass is 16.6. The van der Waals surface area contributed by atoms with Gasteiger partial charge in [-0.1, -0.05) is 12.1 Å². The first-order valence-corrected chi connectivity index (χ1v) is 6.06. The SMILES string of the molecule is CC(=O)C(Cc1cccc([N+](=O)[O-])c1)NC1CC1. The van der Waals surface area contributed by atoms with Crippen LogP contribution < -0.4 is 5.32 Å². The summed E-state index contributed by atoms with van der Waals surface area (Å²) < 4.78 is 0. The van der Waals surface area contributed by atoms with Crippen LogP contribution in [0.5, 0.6) is 0 Å². The van der Waals surface area contributed by atoms with Crippen molar-refractivity contribution in [2.24, 2.45) is 0 Å². The first-order chi connectivity index (χ1) is 8.56. The number of nitrogens with one attached hydrogen (secondary N) is 1. The van der Waals surface area contributed by atoms with E-state index in [1.807, 2.05) is 6.07 Å². The molecule has 0 saturated heterocycles. The summed E-state index contributed by atoms with van der Waals surface area (Å²) in [6.07, 6.45) is 2.73. The molecular weight excluding hydrogens is 232 g/mol. The van der Waals surface area contributed by atoms with Crippen molar-refractivity contribution in [3.63, 3.8) is 0 Å². The molecule has 1 N–H and O–H groups in total. The number of Topliss-reactive ketones (excluding diaryl/α,β-unsaturated/α-hetero) is 1. The maximum absolute atomic E-state index is 11.5. The van der Waals surface area contributed by atoms with Crippen molar-refractivity contribution in [3.8, 4) is 0 Å². The zero-order valence-electron chi connectivity index (χ0n) is 10.3. The number of benzene rings is 1. The first-order valence-electron chi connectivity index (χ1n) is 6.06. The Morgan fingerprint density at radius 3 is 2.83 bits per heavy atom. The average Bonchev–Trinajstić information content (AvgIpc) is 3.12. The largest absolute Gasteiger partial charge is 0.304 e. The molecule has 0 amide bonds. The molecule has 0 aliphatic heterocycles.